The molecule has 0 N–H and O–H groups in total. The van der Waals surface area contributed by atoms with E-state index in [2.05, 4.69) is 0 Å². The zero-order valence-electron chi connectivity index (χ0n) is 5.18. The highest BCUT2D eigenvalue weighted by molar-refractivity contribution is 6.06. The summed E-state index contributed by atoms with van der Waals surface area (Å²) in [5.41, 5.74) is 2.80. The Morgan fingerprint density at radius 1 is 1.33 bits per heavy atom. The molecule has 0 aromatic carbocycles. The molecule has 3 aliphatic carbocycles. The van der Waals surface area contributed by atoms with E-state index in [0.717, 1.165) is 12.3 Å². The van der Waals surface area contributed by atoms with Gasteiger partial charge in [0.05, 0.1) is 0 Å². The lowest BCUT2D eigenvalue weighted by Crippen LogP contribution is -1.99. The van der Waals surface area contributed by atoms with Gasteiger partial charge in [-0.05, 0) is 18.8 Å². The number of allylic oxidation sites excluding steroid dienone is 2. The predicted octanol–water partition coefficient (Wildman–Crippen LogP) is 1.30. The van der Waals surface area contributed by atoms with E-state index in [0.29, 0.717) is 11.7 Å². The van der Waals surface area contributed by atoms with Crippen LogP contribution >= 0.6 is 0 Å². The average Bonchev–Trinajstić information content (AvgIpc) is 2.34. The smallest absolute Gasteiger partial charge is 0.160 e. The molecule has 1 heteroatoms. The Balaban J connectivity index is 2.15. The molecule has 1 fully saturated rings. The van der Waals surface area contributed by atoms with Crippen molar-refractivity contribution in [2.24, 2.45) is 11.8 Å². The third kappa shape index (κ3) is 0.311. The molecule has 0 heterocycles. The summed E-state index contributed by atoms with van der Waals surface area (Å²) < 4.78 is 0. The van der Waals surface area contributed by atoms with Crippen molar-refractivity contribution in [1.29, 1.82) is 0 Å². The maximum absolute atomic E-state index is 11.0. The number of ketones is 1. The van der Waals surface area contributed by atoms with Crippen molar-refractivity contribution in [3.05, 3.63) is 11.1 Å². The number of hydrogen-bond donors (Lipinski definition) is 0. The molecule has 0 aliphatic heterocycles. The van der Waals surface area contributed by atoms with Crippen molar-refractivity contribution in [3.8, 4) is 0 Å². The Morgan fingerprint density at radius 2 is 2.22 bits per heavy atom. The van der Waals surface area contributed by atoms with Gasteiger partial charge in [0.1, 0.15) is 0 Å². The van der Waals surface area contributed by atoms with Gasteiger partial charge in [0.2, 0.25) is 0 Å². The van der Waals surface area contributed by atoms with Crippen LogP contribution in [0.4, 0.5) is 0 Å². The van der Waals surface area contributed by atoms with Crippen LogP contribution in [0.3, 0.4) is 0 Å². The van der Waals surface area contributed by atoms with Crippen LogP contribution in [-0.2, 0) is 4.79 Å². The van der Waals surface area contributed by atoms with Crippen LogP contribution in [0.1, 0.15) is 19.3 Å². The van der Waals surface area contributed by atoms with E-state index in [-0.39, 0.29) is 0 Å². The molecule has 1 saturated carbocycles. The molecule has 3 aliphatic rings. The second-order valence-electron chi connectivity index (χ2n) is 3.32. The van der Waals surface area contributed by atoms with Gasteiger partial charge in [0.15, 0.2) is 5.78 Å². The maximum atomic E-state index is 11.0. The maximum Gasteiger partial charge on any atom is 0.160 e. The lowest BCUT2D eigenvalue weighted by Gasteiger charge is -1.98. The molecule has 0 spiro atoms. The lowest BCUT2D eigenvalue weighted by atomic mass is 10.0. The van der Waals surface area contributed by atoms with Gasteiger partial charge in [-0.3, -0.25) is 4.79 Å². The molecule has 46 valence electrons. The second kappa shape index (κ2) is 1.00. The number of fused-ring (bicyclic) bond motifs is 1. The zero-order chi connectivity index (χ0) is 6.01. The van der Waals surface area contributed by atoms with Crippen LogP contribution in [0.15, 0.2) is 11.1 Å². The first-order valence-electron chi connectivity index (χ1n) is 3.65. The molecular weight excluding hydrogens is 112 g/mol. The molecule has 9 heavy (non-hydrogen) atoms. The molecule has 0 amide bonds. The number of Topliss-reactive ketones (excluding diaryl/α,β-unsaturated/α-hetero) is 1. The highest BCUT2D eigenvalue weighted by atomic mass is 16.1. The third-order valence-electron chi connectivity index (χ3n) is 2.93. The van der Waals surface area contributed by atoms with E-state index in [4.69, 9.17) is 0 Å². The molecule has 1 nitrogen and oxygen atoms in total. The Hall–Kier alpha value is -0.590. The van der Waals surface area contributed by atoms with Gasteiger partial charge in [-0.2, -0.15) is 0 Å². The fraction of sp³-hybridized carbons (Fsp3) is 0.625. The summed E-state index contributed by atoms with van der Waals surface area (Å²) in [5, 5.41) is 0. The summed E-state index contributed by atoms with van der Waals surface area (Å²) in [5.74, 6) is 1.89. The standard InChI is InChI=1S/C8H8O/c9-6-3-4-1-2-5-7(4)8(5)6/h4-5H,1-3H2. The summed E-state index contributed by atoms with van der Waals surface area (Å²) in [6.07, 6.45) is 3.46. The molecule has 0 radical (unpaired) electrons. The van der Waals surface area contributed by atoms with E-state index in [1.165, 1.54) is 18.4 Å². The average molecular weight is 120 g/mol. The third-order valence-corrected chi connectivity index (χ3v) is 2.93. The van der Waals surface area contributed by atoms with E-state index in [9.17, 15) is 4.79 Å². The summed E-state index contributed by atoms with van der Waals surface area (Å²) in [6.45, 7) is 0. The minimum Gasteiger partial charge on any atom is -0.295 e. The molecule has 0 bridgehead atoms. The van der Waals surface area contributed by atoms with E-state index < -0.39 is 0 Å². The number of rotatable bonds is 0. The number of hydrogen-bond acceptors (Lipinski definition) is 1. The minimum absolute atomic E-state index is 0.470. The largest absolute Gasteiger partial charge is 0.295 e. The topological polar surface area (TPSA) is 17.1 Å². The zero-order valence-corrected chi connectivity index (χ0v) is 5.18. The highest BCUT2D eigenvalue weighted by Crippen LogP contribution is 2.61. The minimum atomic E-state index is 0.470. The fourth-order valence-electron chi connectivity index (χ4n) is 2.52. The van der Waals surface area contributed by atoms with Crippen molar-refractivity contribution in [2.75, 3.05) is 0 Å². The van der Waals surface area contributed by atoms with Gasteiger partial charge in [-0.25, -0.2) is 0 Å². The van der Waals surface area contributed by atoms with E-state index in [1.807, 2.05) is 0 Å². The monoisotopic (exact) mass is 120 g/mol. The van der Waals surface area contributed by atoms with Crippen LogP contribution in [0, 0.1) is 11.8 Å². The Bertz CT molecular complexity index is 237. The van der Waals surface area contributed by atoms with Crippen molar-refractivity contribution in [1.82, 2.24) is 0 Å². The number of carbonyl (C=O) groups is 1. The van der Waals surface area contributed by atoms with Gasteiger partial charge in [-0.1, -0.05) is 5.57 Å². The highest BCUT2D eigenvalue weighted by Gasteiger charge is 2.54. The predicted molar refractivity (Wildman–Crippen MR) is 32.9 cm³/mol. The van der Waals surface area contributed by atoms with Gasteiger partial charge >= 0.3 is 0 Å². The lowest BCUT2D eigenvalue weighted by molar-refractivity contribution is -0.115. The normalized spacial score (nSPS) is 44.2. The molecule has 0 aromatic heterocycles. The number of carbonyl (C=O) groups excluding carboxylic acids is 1. The van der Waals surface area contributed by atoms with Gasteiger partial charge in [-0.15, -0.1) is 0 Å². The molecule has 3 rings (SSSR count). The molecule has 2 atom stereocenters. The van der Waals surface area contributed by atoms with Gasteiger partial charge in [0, 0.05) is 17.9 Å². The van der Waals surface area contributed by atoms with Gasteiger partial charge in [0.25, 0.3) is 0 Å². The second-order valence-corrected chi connectivity index (χ2v) is 3.32. The van der Waals surface area contributed by atoms with Crippen LogP contribution in [-0.4, -0.2) is 5.78 Å². The molecule has 2 unspecified atom stereocenters. The molecule has 0 saturated heterocycles. The van der Waals surface area contributed by atoms with Crippen molar-refractivity contribution >= 4 is 5.78 Å². The van der Waals surface area contributed by atoms with Crippen LogP contribution in [0.2, 0.25) is 0 Å². The quantitative estimate of drug-likeness (QED) is 0.471. The fourth-order valence-corrected chi connectivity index (χ4v) is 2.52. The Morgan fingerprint density at radius 3 is 2.78 bits per heavy atom. The van der Waals surface area contributed by atoms with Gasteiger partial charge < -0.3 is 0 Å². The van der Waals surface area contributed by atoms with Crippen molar-refractivity contribution in [3.63, 3.8) is 0 Å². The summed E-state index contributed by atoms with van der Waals surface area (Å²) >= 11 is 0. The first-order valence-corrected chi connectivity index (χ1v) is 3.65. The molecule has 0 aromatic rings. The van der Waals surface area contributed by atoms with Crippen LogP contribution < -0.4 is 0 Å². The van der Waals surface area contributed by atoms with Crippen LogP contribution in [0.5, 0.6) is 0 Å². The molecular formula is C8H8O. The SMILES string of the molecule is O=C1CC2CCC3C1=C23. The summed E-state index contributed by atoms with van der Waals surface area (Å²) in [4.78, 5) is 11.0. The first-order chi connectivity index (χ1) is 4.38. The van der Waals surface area contributed by atoms with Crippen LogP contribution in [0.25, 0.3) is 0 Å². The van der Waals surface area contributed by atoms with Crippen molar-refractivity contribution < 1.29 is 4.79 Å². The first kappa shape index (κ1) is 4.26. The summed E-state index contributed by atoms with van der Waals surface area (Å²) in [7, 11) is 0. The van der Waals surface area contributed by atoms with Crippen molar-refractivity contribution in [2.45, 2.75) is 19.3 Å². The van der Waals surface area contributed by atoms with E-state index in [1.54, 1.807) is 5.57 Å². The Labute approximate surface area is 53.7 Å². The van der Waals surface area contributed by atoms with E-state index >= 15 is 0 Å². The Kier molecular flexibility index (Phi) is 0.476. The summed E-state index contributed by atoms with van der Waals surface area (Å²) in [6, 6.07) is 0.